The monoisotopic (exact) mass is 416 g/mol. The molecule has 30 heavy (non-hydrogen) atoms. The molecule has 2 aromatic rings. The minimum absolute atomic E-state index is 0.165. The molecule has 164 valence electrons. The lowest BCUT2D eigenvalue weighted by Crippen LogP contribution is -2.47. The number of halogens is 2. The van der Waals surface area contributed by atoms with E-state index in [9.17, 15) is 13.9 Å². The van der Waals surface area contributed by atoms with E-state index in [1.54, 1.807) is 19.1 Å². The maximum atomic E-state index is 14.7. The Morgan fingerprint density at radius 1 is 1.13 bits per heavy atom. The number of nitrogens with zero attached hydrogens (tertiary/aromatic N) is 2. The van der Waals surface area contributed by atoms with Gasteiger partial charge in [0.1, 0.15) is 6.17 Å². The second kappa shape index (κ2) is 12.3. The Bertz CT molecular complexity index is 820. The van der Waals surface area contributed by atoms with E-state index in [-0.39, 0.29) is 25.3 Å². The molecule has 2 atom stereocenters. The van der Waals surface area contributed by atoms with Gasteiger partial charge in [-0.05, 0) is 18.5 Å². The van der Waals surface area contributed by atoms with Crippen LogP contribution in [0.3, 0.4) is 0 Å². The number of hydrogen-bond acceptors (Lipinski definition) is 3. The van der Waals surface area contributed by atoms with Crippen LogP contribution < -0.4 is 0 Å². The first-order chi connectivity index (χ1) is 14.4. The number of alkyl halides is 1. The Morgan fingerprint density at radius 2 is 1.77 bits per heavy atom. The minimum Gasteiger partial charge on any atom is -0.504 e. The fraction of sp³-hybridized carbons (Fsp3) is 0.480. The van der Waals surface area contributed by atoms with Crippen molar-refractivity contribution < 1.29 is 13.9 Å². The van der Waals surface area contributed by atoms with Gasteiger partial charge in [-0.25, -0.2) is 8.78 Å². The van der Waals surface area contributed by atoms with Crippen molar-refractivity contribution in [2.45, 2.75) is 60.2 Å². The molecule has 1 aliphatic heterocycles. The summed E-state index contributed by atoms with van der Waals surface area (Å²) < 4.78 is 29.2. The summed E-state index contributed by atoms with van der Waals surface area (Å²) in [4.78, 5) is 1.84. The van der Waals surface area contributed by atoms with Crippen molar-refractivity contribution in [1.29, 1.82) is 5.26 Å². The third kappa shape index (κ3) is 6.03. The quantitative estimate of drug-likeness (QED) is 0.602. The SMILES string of the molecule is CC.CC.CC1(CC#N)CCN(Cc2ccc(-c3ccccc3)c(O)c2F)CC1F. The molecule has 1 N–H and O–H groups in total. The van der Waals surface area contributed by atoms with Gasteiger partial charge in [0.05, 0.1) is 6.07 Å². The van der Waals surface area contributed by atoms with Crippen LogP contribution in [0.15, 0.2) is 42.5 Å². The van der Waals surface area contributed by atoms with Crippen LogP contribution in [0.4, 0.5) is 8.78 Å². The number of hydrogen-bond donors (Lipinski definition) is 1. The van der Waals surface area contributed by atoms with E-state index in [1.165, 1.54) is 0 Å². The largest absolute Gasteiger partial charge is 0.504 e. The standard InChI is InChI=1S/C21H22F2N2O.2C2H6/c1-21(9-11-24)10-12-25(14-18(21)22)13-16-7-8-17(20(26)19(16)23)15-5-3-2-4-6-15;2*1-2/h2-8,18,26H,9-10,12-14H2,1H3;2*1-2H3. The van der Waals surface area contributed by atoms with Crippen LogP contribution in [0.2, 0.25) is 0 Å². The fourth-order valence-corrected chi connectivity index (χ4v) is 3.45. The number of likely N-dealkylation sites (tertiary alicyclic amines) is 1. The van der Waals surface area contributed by atoms with E-state index in [1.807, 2.05) is 62.9 Å². The minimum atomic E-state index is -1.13. The molecule has 1 heterocycles. The third-order valence-corrected chi connectivity index (χ3v) is 5.33. The second-order valence-corrected chi connectivity index (χ2v) is 7.24. The summed E-state index contributed by atoms with van der Waals surface area (Å²) in [6.45, 7) is 10.8. The van der Waals surface area contributed by atoms with E-state index in [0.29, 0.717) is 24.1 Å². The third-order valence-electron chi connectivity index (χ3n) is 5.33. The number of aromatic hydroxyl groups is 1. The lowest BCUT2D eigenvalue weighted by Gasteiger charge is -2.41. The molecule has 0 saturated carbocycles. The Kier molecular flexibility index (Phi) is 10.5. The predicted molar refractivity (Wildman–Crippen MR) is 119 cm³/mol. The number of piperidine rings is 1. The molecule has 3 rings (SSSR count). The Labute approximate surface area is 180 Å². The van der Waals surface area contributed by atoms with E-state index < -0.39 is 17.4 Å². The van der Waals surface area contributed by atoms with Gasteiger partial charge in [-0.2, -0.15) is 5.26 Å². The van der Waals surface area contributed by atoms with Crippen molar-refractivity contribution in [3.8, 4) is 22.9 Å². The molecule has 0 radical (unpaired) electrons. The summed E-state index contributed by atoms with van der Waals surface area (Å²) in [5, 5.41) is 19.1. The highest BCUT2D eigenvalue weighted by atomic mass is 19.1. The molecule has 0 aliphatic carbocycles. The van der Waals surface area contributed by atoms with Crippen molar-refractivity contribution in [1.82, 2.24) is 4.90 Å². The Balaban J connectivity index is 0.00000106. The van der Waals surface area contributed by atoms with E-state index >= 15 is 0 Å². The highest BCUT2D eigenvalue weighted by Gasteiger charge is 2.39. The summed E-state index contributed by atoms with van der Waals surface area (Å²) in [5.41, 5.74) is 0.890. The molecular formula is C25H34F2N2O. The first-order valence-corrected chi connectivity index (χ1v) is 10.7. The highest BCUT2D eigenvalue weighted by molar-refractivity contribution is 5.70. The number of rotatable bonds is 4. The van der Waals surface area contributed by atoms with E-state index in [2.05, 4.69) is 6.07 Å². The number of phenols is 1. The van der Waals surface area contributed by atoms with Crippen molar-refractivity contribution in [2.75, 3.05) is 13.1 Å². The van der Waals surface area contributed by atoms with Gasteiger partial charge in [0.25, 0.3) is 0 Å². The summed E-state index contributed by atoms with van der Waals surface area (Å²) in [6, 6.07) is 14.5. The Hall–Kier alpha value is -2.45. The summed E-state index contributed by atoms with van der Waals surface area (Å²) >= 11 is 0. The van der Waals surface area contributed by atoms with Crippen LogP contribution in [-0.2, 0) is 6.54 Å². The van der Waals surface area contributed by atoms with Gasteiger partial charge >= 0.3 is 0 Å². The van der Waals surface area contributed by atoms with Crippen LogP contribution >= 0.6 is 0 Å². The zero-order chi connectivity index (χ0) is 22.7. The molecule has 3 nitrogen and oxygen atoms in total. The van der Waals surface area contributed by atoms with Gasteiger partial charge in [-0.1, -0.05) is 77.1 Å². The molecule has 2 unspecified atom stereocenters. The van der Waals surface area contributed by atoms with Crippen molar-refractivity contribution in [3.05, 3.63) is 53.8 Å². The molecule has 5 heteroatoms. The molecule has 0 spiro atoms. The van der Waals surface area contributed by atoms with Crippen molar-refractivity contribution in [3.63, 3.8) is 0 Å². The molecule has 0 bridgehead atoms. The molecular weight excluding hydrogens is 382 g/mol. The second-order valence-electron chi connectivity index (χ2n) is 7.24. The molecule has 0 amide bonds. The maximum Gasteiger partial charge on any atom is 0.169 e. The van der Waals surface area contributed by atoms with Crippen LogP contribution in [-0.4, -0.2) is 29.3 Å². The average Bonchev–Trinajstić information content (AvgIpc) is 2.78. The predicted octanol–water partition coefficient (Wildman–Crippen LogP) is 6.71. The summed E-state index contributed by atoms with van der Waals surface area (Å²) in [5.74, 6) is -1.04. The smallest absolute Gasteiger partial charge is 0.169 e. The number of phenolic OH excluding ortho intramolecular Hbond substituents is 1. The molecule has 0 aromatic heterocycles. The van der Waals surface area contributed by atoms with E-state index in [0.717, 1.165) is 5.56 Å². The van der Waals surface area contributed by atoms with Gasteiger partial charge in [0, 0.05) is 36.1 Å². The van der Waals surface area contributed by atoms with Crippen LogP contribution in [0.25, 0.3) is 11.1 Å². The fourth-order valence-electron chi connectivity index (χ4n) is 3.45. The molecule has 1 saturated heterocycles. The molecule has 1 fully saturated rings. The van der Waals surface area contributed by atoms with Gasteiger partial charge < -0.3 is 5.11 Å². The zero-order valence-electron chi connectivity index (χ0n) is 18.8. The first-order valence-electron chi connectivity index (χ1n) is 10.7. The maximum absolute atomic E-state index is 14.7. The van der Waals surface area contributed by atoms with Gasteiger partial charge in [-0.15, -0.1) is 0 Å². The van der Waals surface area contributed by atoms with Gasteiger partial charge in [-0.3, -0.25) is 4.90 Å². The zero-order valence-corrected chi connectivity index (χ0v) is 18.8. The van der Waals surface area contributed by atoms with Crippen LogP contribution in [0, 0.1) is 22.6 Å². The first kappa shape index (κ1) is 25.6. The number of nitriles is 1. The lowest BCUT2D eigenvalue weighted by atomic mass is 9.76. The Morgan fingerprint density at radius 3 is 2.33 bits per heavy atom. The van der Waals surface area contributed by atoms with Gasteiger partial charge in [0.15, 0.2) is 11.6 Å². The summed E-state index contributed by atoms with van der Waals surface area (Å²) in [6.07, 6.45) is -0.392. The van der Waals surface area contributed by atoms with Crippen molar-refractivity contribution in [2.24, 2.45) is 5.41 Å². The van der Waals surface area contributed by atoms with Crippen LogP contribution in [0.5, 0.6) is 5.75 Å². The topological polar surface area (TPSA) is 47.3 Å². The summed E-state index contributed by atoms with van der Waals surface area (Å²) in [7, 11) is 0. The van der Waals surface area contributed by atoms with Gasteiger partial charge in [0.2, 0.25) is 0 Å². The molecule has 2 aromatic carbocycles. The lowest BCUT2D eigenvalue weighted by molar-refractivity contribution is 0.0182. The number of benzene rings is 2. The van der Waals surface area contributed by atoms with E-state index in [4.69, 9.17) is 5.26 Å². The normalized spacial score (nSPS) is 20.8. The van der Waals surface area contributed by atoms with Crippen molar-refractivity contribution >= 4 is 0 Å². The highest BCUT2D eigenvalue weighted by Crippen LogP contribution is 2.38. The average molecular weight is 417 g/mol. The van der Waals surface area contributed by atoms with Crippen LogP contribution in [0.1, 0.15) is 53.0 Å². The molecule has 1 aliphatic rings.